The summed E-state index contributed by atoms with van der Waals surface area (Å²) >= 11 is 0. The van der Waals surface area contributed by atoms with Crippen LogP contribution in [-0.4, -0.2) is 151 Å². The summed E-state index contributed by atoms with van der Waals surface area (Å²) in [6, 6.07) is -12.6. The molecule has 69 heavy (non-hydrogen) atoms. The lowest BCUT2D eigenvalue weighted by molar-refractivity contribution is -0.142. The first-order valence-electron chi connectivity index (χ1n) is 22.6. The Bertz CT molecular complexity index is 1760. The van der Waals surface area contributed by atoms with Gasteiger partial charge in [-0.3, -0.25) is 52.7 Å². The molecule has 0 bridgehead atoms. The fourth-order valence-corrected chi connectivity index (χ4v) is 6.49. The molecule has 0 rings (SSSR count). The van der Waals surface area contributed by atoms with E-state index in [1.807, 2.05) is 0 Å². The Morgan fingerprint density at radius 1 is 0.319 bits per heavy atom. The van der Waals surface area contributed by atoms with Crippen LogP contribution in [-0.2, 0) is 57.5 Å². The summed E-state index contributed by atoms with van der Waals surface area (Å²) in [5.74, 6) is -12.9. The Morgan fingerprint density at radius 3 is 0.783 bits per heavy atom. The molecule has 0 saturated carbocycles. The number of nitrogens with two attached hydrogens (primary N) is 9. The van der Waals surface area contributed by atoms with Gasteiger partial charge < -0.3 is 93.9 Å². The number of hydrogen-bond acceptors (Lipinski definition) is 17. The van der Waals surface area contributed by atoms with E-state index < -0.39 is 145 Å². The third-order valence-corrected chi connectivity index (χ3v) is 10.2. The van der Waals surface area contributed by atoms with Gasteiger partial charge in [0.25, 0.3) is 0 Å². The molecule has 26 N–H and O–H groups in total. The highest BCUT2D eigenvalue weighted by Gasteiger charge is 2.35. The van der Waals surface area contributed by atoms with E-state index in [2.05, 4.69) is 37.2 Å². The number of rotatable bonds is 39. The van der Waals surface area contributed by atoms with Crippen molar-refractivity contribution in [2.45, 2.75) is 151 Å². The summed E-state index contributed by atoms with van der Waals surface area (Å²) in [5, 5.41) is 26.0. The Kier molecular flexibility index (Phi) is 31.4. The number of primary amides is 4. The maximum Gasteiger partial charge on any atom is 0.326 e. The minimum atomic E-state index is -1.82. The molecule has 0 fully saturated rings. The summed E-state index contributed by atoms with van der Waals surface area (Å²) in [4.78, 5) is 154. The van der Waals surface area contributed by atoms with Gasteiger partial charge in [0.2, 0.25) is 65.0 Å². The van der Waals surface area contributed by atoms with Crippen molar-refractivity contribution in [1.29, 1.82) is 0 Å². The number of carbonyl (C=O) groups is 12. The van der Waals surface area contributed by atoms with Gasteiger partial charge >= 0.3 is 5.97 Å². The van der Waals surface area contributed by atoms with Gasteiger partial charge in [-0.15, -0.1) is 0 Å². The molecule has 0 aromatic rings. The molecular formula is C40H74N16O13. The predicted octanol–water partition coefficient (Wildman–Crippen LogP) is -8.19. The SMILES string of the molecule is NCCCC[C@H](NC(=O)[C@H](CC(N)=O)NC(=O)[C@H](CCCCN)NC(=O)[C@H](CC(N)=O)NC(=O)[C@H](CCCCN)NC(=O)[C@H](CC(N)=O)NC(=O)[C@H](CCCCN)NC(=O)[C@@H](N)CC(N)=O)C(=O)O. The minimum absolute atomic E-state index is 0.0294. The van der Waals surface area contributed by atoms with Gasteiger partial charge in [0.15, 0.2) is 0 Å². The van der Waals surface area contributed by atoms with Gasteiger partial charge in [0, 0.05) is 0 Å². The lowest BCUT2D eigenvalue weighted by Gasteiger charge is -2.27. The van der Waals surface area contributed by atoms with Gasteiger partial charge in [-0.25, -0.2) is 4.79 Å². The molecular weight excluding hydrogens is 913 g/mol. The van der Waals surface area contributed by atoms with Crippen LogP contribution < -0.4 is 88.8 Å². The van der Waals surface area contributed by atoms with Crippen LogP contribution in [0.25, 0.3) is 0 Å². The van der Waals surface area contributed by atoms with Crippen molar-refractivity contribution < 1.29 is 62.6 Å². The van der Waals surface area contributed by atoms with Crippen LogP contribution in [0.2, 0.25) is 0 Å². The molecule has 0 heterocycles. The number of unbranched alkanes of at least 4 members (excludes halogenated alkanes) is 4. The molecule has 0 aromatic heterocycles. The number of nitrogens with one attached hydrogen (secondary N) is 7. The second kappa shape index (κ2) is 34.7. The van der Waals surface area contributed by atoms with Crippen LogP contribution in [0, 0.1) is 0 Å². The van der Waals surface area contributed by atoms with Gasteiger partial charge in [-0.05, 0) is 103 Å². The first-order valence-corrected chi connectivity index (χ1v) is 22.6. The first kappa shape index (κ1) is 62.4. The summed E-state index contributed by atoms with van der Waals surface area (Å²) in [6.45, 7) is 0.802. The average Bonchev–Trinajstić information content (AvgIpc) is 3.26. The van der Waals surface area contributed by atoms with Gasteiger partial charge in [-0.2, -0.15) is 0 Å². The van der Waals surface area contributed by atoms with Crippen LogP contribution in [0.1, 0.15) is 103 Å². The van der Waals surface area contributed by atoms with Crippen molar-refractivity contribution in [1.82, 2.24) is 37.2 Å². The summed E-state index contributed by atoms with van der Waals surface area (Å²) in [5.41, 5.74) is 49.3. The van der Waals surface area contributed by atoms with E-state index in [4.69, 9.17) is 51.6 Å². The van der Waals surface area contributed by atoms with E-state index in [0.29, 0.717) is 38.5 Å². The second-order valence-electron chi connectivity index (χ2n) is 16.2. The van der Waals surface area contributed by atoms with Crippen LogP contribution in [0.4, 0.5) is 0 Å². The average molecular weight is 987 g/mol. The largest absolute Gasteiger partial charge is 0.480 e. The fraction of sp³-hybridized carbons (Fsp3) is 0.700. The van der Waals surface area contributed by atoms with Gasteiger partial charge in [0.05, 0.1) is 31.7 Å². The highest BCUT2D eigenvalue weighted by molar-refractivity contribution is 6.00. The predicted molar refractivity (Wildman–Crippen MR) is 246 cm³/mol. The maximum absolute atomic E-state index is 13.9. The van der Waals surface area contributed by atoms with Crippen molar-refractivity contribution in [2.24, 2.45) is 51.6 Å². The summed E-state index contributed by atoms with van der Waals surface area (Å²) in [7, 11) is 0. The van der Waals surface area contributed by atoms with E-state index in [0.717, 1.165) is 0 Å². The molecule has 0 unspecified atom stereocenters. The van der Waals surface area contributed by atoms with Crippen molar-refractivity contribution in [3.63, 3.8) is 0 Å². The van der Waals surface area contributed by atoms with E-state index in [1.54, 1.807) is 0 Å². The van der Waals surface area contributed by atoms with Crippen molar-refractivity contribution >= 4 is 70.9 Å². The number of hydrogen-bond donors (Lipinski definition) is 17. The molecule has 0 saturated heterocycles. The van der Waals surface area contributed by atoms with E-state index >= 15 is 0 Å². The zero-order valence-electron chi connectivity index (χ0n) is 38.8. The van der Waals surface area contributed by atoms with Crippen LogP contribution in [0.3, 0.4) is 0 Å². The zero-order valence-corrected chi connectivity index (χ0v) is 38.8. The number of amides is 11. The molecule has 0 aliphatic rings. The Morgan fingerprint density at radius 2 is 0.536 bits per heavy atom. The molecule has 0 aliphatic carbocycles. The van der Waals surface area contributed by atoms with Crippen LogP contribution >= 0.6 is 0 Å². The number of carboxylic acid groups (broad SMARTS) is 1. The molecule has 0 aromatic carbocycles. The Labute approximate surface area is 399 Å². The van der Waals surface area contributed by atoms with Gasteiger partial charge in [0.1, 0.15) is 42.3 Å². The van der Waals surface area contributed by atoms with E-state index in [9.17, 15) is 62.6 Å². The quantitative estimate of drug-likeness (QED) is 0.0254. The summed E-state index contributed by atoms with van der Waals surface area (Å²) in [6.07, 6.45) is -0.804. The third-order valence-electron chi connectivity index (χ3n) is 10.2. The molecule has 8 atom stereocenters. The number of carboxylic acids is 1. The molecule has 392 valence electrons. The molecule has 29 nitrogen and oxygen atoms in total. The molecule has 0 aliphatic heterocycles. The topological polar surface area (TPSA) is 543 Å². The number of aliphatic carboxylic acids is 1. The standard InChI is InChI=1S/C40H74N16O13/c41-13-5-1-9-22(50-33(61)21(45)17-29(46)57)34(62)54-26(18-30(47)58)37(65)51-23(10-2-6-14-42)35(63)55-27(19-31(48)59)38(66)52-24(11-3-7-15-43)36(64)56-28(20-32(49)60)39(67)53-25(40(68)69)12-4-8-16-44/h21-28H,1-20,41-45H2,(H2,46,57)(H2,47,58)(H2,48,59)(H2,49,60)(H,50,61)(H,51,65)(H,52,66)(H,53,67)(H,54,62)(H,55,63)(H,56,64)(H,68,69)/t21-,22-,23-,24-,25-,26-,27-,28-/m0/s1. The van der Waals surface area contributed by atoms with Crippen LogP contribution in [0.15, 0.2) is 0 Å². The lowest BCUT2D eigenvalue weighted by atomic mass is 10.0. The third kappa shape index (κ3) is 27.1. The highest BCUT2D eigenvalue weighted by Crippen LogP contribution is 2.10. The monoisotopic (exact) mass is 987 g/mol. The van der Waals surface area contributed by atoms with Crippen molar-refractivity contribution in [3.8, 4) is 0 Å². The van der Waals surface area contributed by atoms with E-state index in [1.165, 1.54) is 0 Å². The van der Waals surface area contributed by atoms with Gasteiger partial charge in [-0.1, -0.05) is 0 Å². The molecule has 29 heteroatoms. The van der Waals surface area contributed by atoms with Crippen molar-refractivity contribution in [2.75, 3.05) is 26.2 Å². The normalized spacial score (nSPS) is 14.4. The Balaban J connectivity index is 6.66. The minimum Gasteiger partial charge on any atom is -0.480 e. The zero-order chi connectivity index (χ0) is 52.6. The number of carbonyl (C=O) groups excluding carboxylic acids is 11. The summed E-state index contributed by atoms with van der Waals surface area (Å²) < 4.78 is 0. The van der Waals surface area contributed by atoms with E-state index in [-0.39, 0.29) is 64.7 Å². The highest BCUT2D eigenvalue weighted by atomic mass is 16.4. The van der Waals surface area contributed by atoms with Crippen LogP contribution in [0.5, 0.6) is 0 Å². The first-order chi connectivity index (χ1) is 32.5. The second-order valence-corrected chi connectivity index (χ2v) is 16.2. The Hall–Kier alpha value is -6.56. The lowest BCUT2D eigenvalue weighted by Crippen LogP contribution is -2.61. The fourth-order valence-electron chi connectivity index (χ4n) is 6.49. The molecule has 11 amide bonds. The maximum atomic E-state index is 13.9. The molecule has 0 radical (unpaired) electrons. The smallest absolute Gasteiger partial charge is 0.326 e. The molecule has 0 spiro atoms. The van der Waals surface area contributed by atoms with Crippen molar-refractivity contribution in [3.05, 3.63) is 0 Å².